The molecule has 0 unspecified atom stereocenters. The van der Waals surface area contributed by atoms with Gasteiger partial charge in [-0.1, -0.05) is 35.9 Å². The number of Topliss-reactive ketones (excluding diaryl/α,β-unsaturated/α-hetero) is 2. The number of rotatable bonds is 10. The average molecular weight is 521 g/mol. The van der Waals surface area contributed by atoms with Crippen LogP contribution in [0.4, 0.5) is 0 Å². The summed E-state index contributed by atoms with van der Waals surface area (Å²) >= 11 is 6.17. The summed E-state index contributed by atoms with van der Waals surface area (Å²) < 4.78 is 1.48. The first-order valence-corrected chi connectivity index (χ1v) is 12.6. The van der Waals surface area contributed by atoms with E-state index in [0.717, 1.165) is 31.5 Å². The Balaban J connectivity index is 1.48. The predicted octanol–water partition coefficient (Wildman–Crippen LogP) is 3.22. The minimum Gasteiger partial charge on any atom is -0.343 e. The highest BCUT2D eigenvalue weighted by atomic mass is 35.5. The van der Waals surface area contributed by atoms with Gasteiger partial charge in [-0.2, -0.15) is 4.68 Å². The Morgan fingerprint density at radius 3 is 2.59 bits per heavy atom. The number of hydrogen-bond acceptors (Lipinski definition) is 7. The summed E-state index contributed by atoms with van der Waals surface area (Å²) in [4.78, 5) is 37.8. The van der Waals surface area contributed by atoms with Gasteiger partial charge < -0.3 is 10.6 Å². The predicted molar refractivity (Wildman–Crippen MR) is 140 cm³/mol. The van der Waals surface area contributed by atoms with Crippen LogP contribution in [0.15, 0.2) is 54.9 Å². The number of hydrogen-bond donors (Lipinski definition) is 2. The van der Waals surface area contributed by atoms with Gasteiger partial charge in [-0.25, -0.2) is 0 Å². The maximum absolute atomic E-state index is 13.3. The number of piperidine rings is 1. The molecule has 1 aliphatic rings. The van der Waals surface area contributed by atoms with Crippen LogP contribution in [0.3, 0.4) is 0 Å². The van der Waals surface area contributed by atoms with E-state index in [0.29, 0.717) is 34.2 Å². The van der Waals surface area contributed by atoms with Crippen molar-refractivity contribution in [1.29, 1.82) is 0 Å². The molecule has 4 rings (SSSR count). The van der Waals surface area contributed by atoms with Crippen molar-refractivity contribution in [3.05, 3.63) is 76.6 Å². The molecule has 2 aromatic carbocycles. The van der Waals surface area contributed by atoms with Gasteiger partial charge in [0.2, 0.25) is 5.91 Å². The highest BCUT2D eigenvalue weighted by molar-refractivity contribution is 6.30. The van der Waals surface area contributed by atoms with E-state index in [1.165, 1.54) is 24.0 Å². The number of ketones is 2. The molecule has 0 aliphatic carbocycles. The zero-order chi connectivity index (χ0) is 26.2. The second-order valence-corrected chi connectivity index (χ2v) is 9.61. The monoisotopic (exact) mass is 520 g/mol. The lowest BCUT2D eigenvalue weighted by atomic mass is 9.88. The first-order chi connectivity index (χ1) is 17.9. The van der Waals surface area contributed by atoms with Crippen molar-refractivity contribution < 1.29 is 14.4 Å². The summed E-state index contributed by atoms with van der Waals surface area (Å²) in [5.41, 5.74) is 2.72. The fraction of sp³-hybridized carbons (Fsp3) is 0.333. The van der Waals surface area contributed by atoms with Crippen molar-refractivity contribution in [2.24, 2.45) is 5.92 Å². The molecule has 1 amide bonds. The van der Waals surface area contributed by atoms with E-state index >= 15 is 0 Å². The second kappa shape index (κ2) is 12.5. The van der Waals surface area contributed by atoms with Gasteiger partial charge in [0.05, 0.1) is 11.7 Å². The normalized spacial score (nSPS) is 15.0. The molecule has 1 saturated heterocycles. The zero-order valence-corrected chi connectivity index (χ0v) is 21.3. The maximum Gasteiger partial charge on any atom is 0.244 e. The summed E-state index contributed by atoms with van der Waals surface area (Å²) in [6.07, 6.45) is 7.15. The Labute approximate surface area is 220 Å². The molecule has 192 valence electrons. The molecule has 9 nitrogen and oxygen atoms in total. The van der Waals surface area contributed by atoms with Crippen LogP contribution in [0.25, 0.3) is 11.8 Å². The highest BCUT2D eigenvalue weighted by Crippen LogP contribution is 2.21. The van der Waals surface area contributed by atoms with Gasteiger partial charge in [0.1, 0.15) is 6.33 Å². The third kappa shape index (κ3) is 7.41. The molecular weight excluding hydrogens is 492 g/mol. The van der Waals surface area contributed by atoms with Crippen LogP contribution in [0, 0.1) is 5.92 Å². The molecule has 2 heterocycles. The van der Waals surface area contributed by atoms with Gasteiger partial charge in [-0.15, -0.1) is 5.10 Å². The fourth-order valence-electron chi connectivity index (χ4n) is 4.43. The van der Waals surface area contributed by atoms with E-state index < -0.39 is 6.04 Å². The van der Waals surface area contributed by atoms with Crippen LogP contribution in [0.1, 0.15) is 47.7 Å². The second-order valence-electron chi connectivity index (χ2n) is 9.18. The van der Waals surface area contributed by atoms with Crippen LogP contribution in [0.2, 0.25) is 5.02 Å². The average Bonchev–Trinajstić information content (AvgIpc) is 3.43. The first-order valence-electron chi connectivity index (χ1n) is 12.2. The number of aromatic nitrogens is 4. The van der Waals surface area contributed by atoms with Crippen molar-refractivity contribution in [2.75, 3.05) is 13.1 Å². The number of carbonyl (C=O) groups is 3. The highest BCUT2D eigenvalue weighted by Gasteiger charge is 2.25. The number of nitrogens with one attached hydrogen (secondary N) is 2. The molecule has 10 heteroatoms. The number of benzene rings is 2. The van der Waals surface area contributed by atoms with Crippen molar-refractivity contribution in [1.82, 2.24) is 30.8 Å². The van der Waals surface area contributed by atoms with E-state index in [2.05, 4.69) is 26.2 Å². The lowest BCUT2D eigenvalue weighted by Gasteiger charge is -2.27. The van der Waals surface area contributed by atoms with Crippen LogP contribution in [-0.4, -0.2) is 56.8 Å². The Kier molecular flexibility index (Phi) is 8.92. The smallest absolute Gasteiger partial charge is 0.244 e. The number of carbonyl (C=O) groups excluding carboxylic acids is 3. The molecule has 1 aromatic heterocycles. The Hall–Kier alpha value is -3.69. The number of tetrazole rings is 1. The number of amides is 1. The van der Waals surface area contributed by atoms with E-state index in [1.54, 1.807) is 48.5 Å². The van der Waals surface area contributed by atoms with E-state index in [1.807, 2.05) is 0 Å². The minimum atomic E-state index is -0.619. The van der Waals surface area contributed by atoms with Gasteiger partial charge >= 0.3 is 0 Å². The summed E-state index contributed by atoms with van der Waals surface area (Å²) in [5, 5.41) is 18.0. The Morgan fingerprint density at radius 1 is 1.16 bits per heavy atom. The molecule has 0 bridgehead atoms. The van der Waals surface area contributed by atoms with Crippen molar-refractivity contribution in [3.63, 3.8) is 0 Å². The van der Waals surface area contributed by atoms with E-state index in [9.17, 15) is 14.4 Å². The van der Waals surface area contributed by atoms with Gasteiger partial charge in [-0.05, 0) is 85.5 Å². The molecule has 2 N–H and O–H groups in total. The standard InChI is InChI=1S/C27H29ClN6O3/c1-18(35)21-4-2-19(3-5-21)15-26(36)24(14-20-10-12-29-13-11-20)31-27(37)9-6-22-16-23(28)7-8-25(22)34-17-30-32-33-34/h2-9,16-17,20,24,29H,10-15H2,1H3,(H,31,37)/b9-6+/t24-/m0/s1. The lowest BCUT2D eigenvalue weighted by Crippen LogP contribution is -2.43. The number of halogens is 1. The fourth-order valence-corrected chi connectivity index (χ4v) is 4.61. The van der Waals surface area contributed by atoms with Gasteiger partial charge in [-0.3, -0.25) is 14.4 Å². The molecule has 1 fully saturated rings. The summed E-state index contributed by atoms with van der Waals surface area (Å²) in [6.45, 7) is 3.31. The van der Waals surface area contributed by atoms with Crippen LogP contribution in [-0.2, 0) is 16.0 Å². The Morgan fingerprint density at radius 2 is 1.92 bits per heavy atom. The Bertz CT molecular complexity index is 1270. The largest absolute Gasteiger partial charge is 0.343 e. The van der Waals surface area contributed by atoms with E-state index in [4.69, 9.17) is 11.6 Å². The van der Waals surface area contributed by atoms with Crippen LogP contribution in [0.5, 0.6) is 0 Å². The molecule has 1 aliphatic heterocycles. The van der Waals surface area contributed by atoms with Gasteiger partial charge in [0.15, 0.2) is 11.6 Å². The summed E-state index contributed by atoms with van der Waals surface area (Å²) in [6, 6.07) is 11.6. The molecular formula is C27H29ClN6O3. The molecule has 37 heavy (non-hydrogen) atoms. The zero-order valence-electron chi connectivity index (χ0n) is 20.6. The molecule has 3 aromatic rings. The van der Waals surface area contributed by atoms with Crippen molar-refractivity contribution in [2.45, 2.75) is 38.6 Å². The topological polar surface area (TPSA) is 119 Å². The minimum absolute atomic E-state index is 0.0244. The van der Waals surface area contributed by atoms with Gasteiger partial charge in [0.25, 0.3) is 0 Å². The quantitative estimate of drug-likeness (QED) is 0.311. The van der Waals surface area contributed by atoms with Crippen molar-refractivity contribution in [3.8, 4) is 5.69 Å². The maximum atomic E-state index is 13.3. The molecule has 1 atom stereocenters. The van der Waals surface area contributed by atoms with Crippen molar-refractivity contribution >= 4 is 35.2 Å². The third-order valence-electron chi connectivity index (χ3n) is 6.47. The summed E-state index contributed by atoms with van der Waals surface area (Å²) in [7, 11) is 0. The van der Waals surface area contributed by atoms with Crippen LogP contribution >= 0.6 is 11.6 Å². The SMILES string of the molecule is CC(=O)c1ccc(CC(=O)[C@H](CC2CCNCC2)NC(=O)/C=C/c2cc(Cl)ccc2-n2cnnn2)cc1. The summed E-state index contributed by atoms with van der Waals surface area (Å²) in [5.74, 6) is -0.114. The third-order valence-corrected chi connectivity index (χ3v) is 6.71. The van der Waals surface area contributed by atoms with E-state index in [-0.39, 0.29) is 23.9 Å². The lowest BCUT2D eigenvalue weighted by molar-refractivity contribution is -0.125. The van der Waals surface area contributed by atoms with Crippen LogP contribution < -0.4 is 10.6 Å². The molecule has 0 saturated carbocycles. The number of nitrogens with zero attached hydrogens (tertiary/aromatic N) is 4. The first kappa shape index (κ1) is 26.4. The van der Waals surface area contributed by atoms with Gasteiger partial charge in [0, 0.05) is 28.6 Å². The molecule has 0 radical (unpaired) electrons. The molecule has 0 spiro atoms.